The topological polar surface area (TPSA) is 55.6 Å². The second-order valence-electron chi connectivity index (χ2n) is 4.84. The molecular weight excluding hydrogens is 340 g/mol. The largest absolute Gasteiger partial charge is 0.496 e. The van der Waals surface area contributed by atoms with Crippen LogP contribution in [0.25, 0.3) is 0 Å². The Labute approximate surface area is 132 Å². The van der Waals surface area contributed by atoms with Crippen molar-refractivity contribution in [1.29, 1.82) is 0 Å². The number of thiocarbonyl (C=S) groups is 1. The Bertz CT molecular complexity index is 536. The number of rotatable bonds is 3. The Hall–Kier alpha value is -1.14. The van der Waals surface area contributed by atoms with Crippen molar-refractivity contribution in [3.05, 3.63) is 28.2 Å². The van der Waals surface area contributed by atoms with Crippen LogP contribution in [0.1, 0.15) is 23.2 Å². The quantitative estimate of drug-likeness (QED) is 0.845. The summed E-state index contributed by atoms with van der Waals surface area (Å²) in [6.07, 6.45) is 1.88. The summed E-state index contributed by atoms with van der Waals surface area (Å²) in [6.45, 7) is 1.32. The van der Waals surface area contributed by atoms with E-state index >= 15 is 0 Å². The molecule has 1 fully saturated rings. The number of hydrogen-bond acceptors (Lipinski definition) is 3. The fraction of sp³-hybridized carbons (Fsp3) is 0.429. The molecule has 1 aliphatic heterocycles. The number of methoxy groups -OCH3 is 1. The summed E-state index contributed by atoms with van der Waals surface area (Å²) >= 11 is 8.42. The Morgan fingerprint density at radius 1 is 1.55 bits per heavy atom. The first-order chi connectivity index (χ1) is 9.52. The first kappa shape index (κ1) is 15.3. The predicted octanol–water partition coefficient (Wildman–Crippen LogP) is 2.60. The minimum Gasteiger partial charge on any atom is -0.496 e. The molecular formula is C14H17BrN2O2S. The summed E-state index contributed by atoms with van der Waals surface area (Å²) < 4.78 is 6.16. The van der Waals surface area contributed by atoms with E-state index in [-0.39, 0.29) is 11.8 Å². The zero-order chi connectivity index (χ0) is 14.7. The molecule has 0 aromatic heterocycles. The third kappa shape index (κ3) is 3.30. The van der Waals surface area contributed by atoms with Gasteiger partial charge in [-0.3, -0.25) is 4.79 Å². The Morgan fingerprint density at radius 2 is 2.30 bits per heavy atom. The summed E-state index contributed by atoms with van der Waals surface area (Å²) in [4.78, 5) is 14.9. The Kier molecular flexibility index (Phi) is 4.99. The molecule has 0 radical (unpaired) electrons. The third-order valence-corrected chi connectivity index (χ3v) is 4.33. The average Bonchev–Trinajstić information content (AvgIpc) is 2.46. The van der Waals surface area contributed by atoms with E-state index in [9.17, 15) is 4.79 Å². The first-order valence-corrected chi connectivity index (χ1v) is 7.65. The van der Waals surface area contributed by atoms with Crippen LogP contribution in [0.15, 0.2) is 22.7 Å². The van der Waals surface area contributed by atoms with Gasteiger partial charge < -0.3 is 15.4 Å². The molecule has 0 saturated carbocycles. The number of benzene rings is 1. The summed E-state index contributed by atoms with van der Waals surface area (Å²) in [5.41, 5.74) is 6.28. The van der Waals surface area contributed by atoms with Crippen LogP contribution in [0.3, 0.4) is 0 Å². The van der Waals surface area contributed by atoms with E-state index < -0.39 is 0 Å². The lowest BCUT2D eigenvalue weighted by Crippen LogP contribution is -2.43. The number of nitrogens with zero attached hydrogens (tertiary/aromatic N) is 1. The van der Waals surface area contributed by atoms with Crippen molar-refractivity contribution in [3.8, 4) is 5.75 Å². The van der Waals surface area contributed by atoms with E-state index in [0.29, 0.717) is 22.8 Å². The van der Waals surface area contributed by atoms with Gasteiger partial charge in [0.2, 0.25) is 0 Å². The number of carbonyl (C=O) groups is 1. The van der Waals surface area contributed by atoms with Gasteiger partial charge in [-0.15, -0.1) is 0 Å². The summed E-state index contributed by atoms with van der Waals surface area (Å²) in [5, 5.41) is 0. The van der Waals surface area contributed by atoms with Gasteiger partial charge in [-0.2, -0.15) is 0 Å². The number of amides is 1. The van der Waals surface area contributed by atoms with Crippen molar-refractivity contribution in [2.75, 3.05) is 20.2 Å². The molecule has 1 saturated heterocycles. The van der Waals surface area contributed by atoms with E-state index in [2.05, 4.69) is 15.9 Å². The van der Waals surface area contributed by atoms with Crippen LogP contribution >= 0.6 is 28.1 Å². The maximum Gasteiger partial charge on any atom is 0.257 e. The van der Waals surface area contributed by atoms with Gasteiger partial charge >= 0.3 is 0 Å². The molecule has 0 bridgehead atoms. The van der Waals surface area contributed by atoms with Crippen molar-refractivity contribution in [2.45, 2.75) is 12.8 Å². The molecule has 6 heteroatoms. The van der Waals surface area contributed by atoms with Crippen molar-refractivity contribution < 1.29 is 9.53 Å². The fourth-order valence-corrected chi connectivity index (χ4v) is 2.94. The molecule has 0 aliphatic carbocycles. The molecule has 1 unspecified atom stereocenters. The second-order valence-corrected chi connectivity index (χ2v) is 6.22. The van der Waals surface area contributed by atoms with E-state index in [4.69, 9.17) is 22.7 Å². The molecule has 1 aromatic rings. The highest BCUT2D eigenvalue weighted by atomic mass is 79.9. The van der Waals surface area contributed by atoms with Crippen LogP contribution in [0, 0.1) is 5.92 Å². The van der Waals surface area contributed by atoms with Gasteiger partial charge in [0.05, 0.1) is 17.7 Å². The van der Waals surface area contributed by atoms with Crippen molar-refractivity contribution >= 4 is 39.0 Å². The fourth-order valence-electron chi connectivity index (χ4n) is 2.41. The number of carbonyl (C=O) groups excluding carboxylic acids is 1. The SMILES string of the molecule is COc1cc(Br)ccc1C(=O)N1CCCC(C(N)=S)C1. The van der Waals surface area contributed by atoms with Crippen LogP contribution in [-0.2, 0) is 0 Å². The van der Waals surface area contributed by atoms with Crippen LogP contribution in [-0.4, -0.2) is 36.0 Å². The van der Waals surface area contributed by atoms with E-state index in [1.165, 1.54) is 0 Å². The monoisotopic (exact) mass is 356 g/mol. The van der Waals surface area contributed by atoms with Crippen molar-refractivity contribution in [1.82, 2.24) is 4.90 Å². The standard InChI is InChI=1S/C14H17BrN2O2S/c1-19-12-7-10(15)4-5-11(12)14(18)17-6-2-3-9(8-17)13(16)20/h4-5,7,9H,2-3,6,8H2,1H3,(H2,16,20). The van der Waals surface area contributed by atoms with Crippen molar-refractivity contribution in [3.63, 3.8) is 0 Å². The highest BCUT2D eigenvalue weighted by Crippen LogP contribution is 2.26. The Balaban J connectivity index is 2.20. The number of nitrogens with two attached hydrogens (primary N) is 1. The van der Waals surface area contributed by atoms with Gasteiger partial charge in [0.1, 0.15) is 5.75 Å². The molecule has 1 heterocycles. The molecule has 1 atom stereocenters. The van der Waals surface area contributed by atoms with Crippen LogP contribution in [0.5, 0.6) is 5.75 Å². The number of hydrogen-bond donors (Lipinski definition) is 1. The van der Waals surface area contributed by atoms with Crippen LogP contribution < -0.4 is 10.5 Å². The third-order valence-electron chi connectivity index (χ3n) is 3.50. The number of ether oxygens (including phenoxy) is 1. The van der Waals surface area contributed by atoms with E-state index in [1.807, 2.05) is 6.07 Å². The van der Waals surface area contributed by atoms with Gasteiger partial charge in [0, 0.05) is 23.5 Å². The minimum atomic E-state index is -0.0321. The molecule has 1 aromatic carbocycles. The van der Waals surface area contributed by atoms with Gasteiger partial charge in [-0.25, -0.2) is 0 Å². The minimum absolute atomic E-state index is 0.0321. The van der Waals surface area contributed by atoms with Crippen LogP contribution in [0.2, 0.25) is 0 Å². The normalized spacial score (nSPS) is 18.7. The molecule has 0 spiro atoms. The molecule has 20 heavy (non-hydrogen) atoms. The average molecular weight is 357 g/mol. The van der Waals surface area contributed by atoms with Crippen molar-refractivity contribution in [2.24, 2.45) is 11.7 Å². The lowest BCUT2D eigenvalue weighted by atomic mass is 9.97. The van der Waals surface area contributed by atoms with E-state index in [1.54, 1.807) is 24.1 Å². The maximum atomic E-state index is 12.6. The zero-order valence-electron chi connectivity index (χ0n) is 11.3. The molecule has 2 N–H and O–H groups in total. The zero-order valence-corrected chi connectivity index (χ0v) is 13.7. The lowest BCUT2D eigenvalue weighted by Gasteiger charge is -2.32. The number of likely N-dealkylation sites (tertiary alicyclic amines) is 1. The summed E-state index contributed by atoms with van der Waals surface area (Å²) in [6, 6.07) is 5.41. The maximum absolute atomic E-state index is 12.6. The first-order valence-electron chi connectivity index (χ1n) is 6.45. The molecule has 2 rings (SSSR count). The summed E-state index contributed by atoms with van der Waals surface area (Å²) in [7, 11) is 1.56. The highest BCUT2D eigenvalue weighted by molar-refractivity contribution is 9.10. The molecule has 108 valence electrons. The lowest BCUT2D eigenvalue weighted by molar-refractivity contribution is 0.0700. The smallest absolute Gasteiger partial charge is 0.257 e. The van der Waals surface area contributed by atoms with Gasteiger partial charge in [0.25, 0.3) is 5.91 Å². The van der Waals surface area contributed by atoms with Gasteiger partial charge in [0.15, 0.2) is 0 Å². The number of halogens is 1. The highest BCUT2D eigenvalue weighted by Gasteiger charge is 2.27. The summed E-state index contributed by atoms with van der Waals surface area (Å²) in [5.74, 6) is 0.654. The molecule has 1 aliphatic rings. The van der Waals surface area contributed by atoms with Crippen LogP contribution in [0.4, 0.5) is 0 Å². The van der Waals surface area contributed by atoms with E-state index in [0.717, 1.165) is 23.9 Å². The second kappa shape index (κ2) is 6.54. The van der Waals surface area contributed by atoms with Gasteiger partial charge in [-0.1, -0.05) is 28.1 Å². The predicted molar refractivity (Wildman–Crippen MR) is 86.1 cm³/mol. The number of piperidine rings is 1. The Morgan fingerprint density at radius 3 is 2.95 bits per heavy atom. The van der Waals surface area contributed by atoms with Gasteiger partial charge in [-0.05, 0) is 31.0 Å². The molecule has 4 nitrogen and oxygen atoms in total. The molecule has 1 amide bonds.